The molecule has 0 spiro atoms. The number of likely N-dealkylation sites (tertiary alicyclic amines) is 1. The molecule has 1 aliphatic heterocycles. The molecule has 2 heteroatoms. The Bertz CT molecular complexity index is 215. The molecule has 0 aromatic rings. The van der Waals surface area contributed by atoms with Gasteiger partial charge in [0.1, 0.15) is 0 Å². The van der Waals surface area contributed by atoms with Gasteiger partial charge in [0.2, 0.25) is 0 Å². The Kier molecular flexibility index (Phi) is 3.48. The predicted molar refractivity (Wildman–Crippen MR) is 68.6 cm³/mol. The van der Waals surface area contributed by atoms with Crippen LogP contribution in [0.4, 0.5) is 0 Å². The first-order valence-electron chi connectivity index (χ1n) is 6.00. The second-order valence-electron chi connectivity index (χ2n) is 6.68. The first kappa shape index (κ1) is 13.3. The maximum atomic E-state index is 6.49. The van der Waals surface area contributed by atoms with E-state index >= 15 is 0 Å². The standard InChI is InChI=1S/C13H26ClN/c1-11(2)7-9-15(10-8-11)13(5,6)12(3,4)14/h7-10H2,1-6H3. The molecule has 0 atom stereocenters. The molecule has 1 heterocycles. The molecule has 1 fully saturated rings. The molecule has 1 nitrogen and oxygen atoms in total. The summed E-state index contributed by atoms with van der Waals surface area (Å²) < 4.78 is 0. The van der Waals surface area contributed by atoms with E-state index in [9.17, 15) is 0 Å². The van der Waals surface area contributed by atoms with Crippen LogP contribution in [0.2, 0.25) is 0 Å². The van der Waals surface area contributed by atoms with Crippen LogP contribution in [-0.4, -0.2) is 28.4 Å². The Hall–Kier alpha value is 0.250. The van der Waals surface area contributed by atoms with Crippen molar-refractivity contribution >= 4 is 11.6 Å². The van der Waals surface area contributed by atoms with Gasteiger partial charge in [-0.3, -0.25) is 4.90 Å². The first-order valence-corrected chi connectivity index (χ1v) is 6.38. The van der Waals surface area contributed by atoms with Crippen LogP contribution in [0.5, 0.6) is 0 Å². The molecule has 1 rings (SSSR count). The second kappa shape index (κ2) is 3.92. The summed E-state index contributed by atoms with van der Waals surface area (Å²) >= 11 is 6.49. The molecule has 0 N–H and O–H groups in total. The zero-order valence-corrected chi connectivity index (χ0v) is 11.9. The molecule has 15 heavy (non-hydrogen) atoms. The third kappa shape index (κ3) is 2.88. The topological polar surface area (TPSA) is 3.24 Å². The minimum atomic E-state index is -0.172. The van der Waals surface area contributed by atoms with E-state index in [1.807, 2.05) is 0 Å². The zero-order valence-electron chi connectivity index (χ0n) is 11.2. The van der Waals surface area contributed by atoms with Crippen LogP contribution in [0.3, 0.4) is 0 Å². The van der Waals surface area contributed by atoms with Gasteiger partial charge in [0.15, 0.2) is 0 Å². The fourth-order valence-corrected chi connectivity index (χ4v) is 2.17. The van der Waals surface area contributed by atoms with Crippen molar-refractivity contribution in [2.75, 3.05) is 13.1 Å². The molecule has 0 aliphatic carbocycles. The van der Waals surface area contributed by atoms with E-state index in [-0.39, 0.29) is 10.4 Å². The van der Waals surface area contributed by atoms with Gasteiger partial charge in [-0.15, -0.1) is 11.6 Å². The van der Waals surface area contributed by atoms with Gasteiger partial charge >= 0.3 is 0 Å². The second-order valence-corrected chi connectivity index (χ2v) is 7.63. The lowest BCUT2D eigenvalue weighted by molar-refractivity contribution is 0.0299. The number of rotatable bonds is 2. The average Bonchev–Trinajstić information content (AvgIpc) is 2.01. The molecule has 0 aromatic heterocycles. The maximum absolute atomic E-state index is 6.49. The van der Waals surface area contributed by atoms with E-state index in [4.69, 9.17) is 11.6 Å². The molecule has 1 saturated heterocycles. The summed E-state index contributed by atoms with van der Waals surface area (Å²) in [7, 11) is 0. The smallest absolute Gasteiger partial charge is 0.0568 e. The molecule has 1 aliphatic rings. The van der Waals surface area contributed by atoms with Gasteiger partial charge in [0, 0.05) is 5.54 Å². The minimum absolute atomic E-state index is 0.0745. The molecule has 0 unspecified atom stereocenters. The van der Waals surface area contributed by atoms with Crippen LogP contribution in [0.1, 0.15) is 54.4 Å². The van der Waals surface area contributed by atoms with Crippen LogP contribution < -0.4 is 0 Å². The Morgan fingerprint density at radius 3 is 1.73 bits per heavy atom. The highest BCUT2D eigenvalue weighted by Gasteiger charge is 2.42. The van der Waals surface area contributed by atoms with Gasteiger partial charge in [0.05, 0.1) is 4.87 Å². The van der Waals surface area contributed by atoms with E-state index in [2.05, 4.69) is 46.4 Å². The molecule has 0 radical (unpaired) electrons. The molecule has 0 saturated carbocycles. The highest BCUT2D eigenvalue weighted by atomic mass is 35.5. The number of piperidine rings is 1. The van der Waals surface area contributed by atoms with Crippen LogP contribution in [0.15, 0.2) is 0 Å². The van der Waals surface area contributed by atoms with Crippen LogP contribution >= 0.6 is 11.6 Å². The SMILES string of the molecule is CC1(C)CCN(C(C)(C)C(C)(C)Cl)CC1. The molecular formula is C13H26ClN. The molecule has 0 amide bonds. The lowest BCUT2D eigenvalue weighted by atomic mass is 9.79. The fraction of sp³-hybridized carbons (Fsp3) is 1.00. The highest BCUT2D eigenvalue weighted by molar-refractivity contribution is 6.24. The number of nitrogens with zero attached hydrogens (tertiary/aromatic N) is 1. The van der Waals surface area contributed by atoms with Gasteiger partial charge in [-0.1, -0.05) is 13.8 Å². The number of alkyl halides is 1. The number of halogens is 1. The van der Waals surface area contributed by atoms with Crippen molar-refractivity contribution in [2.24, 2.45) is 5.41 Å². The summed E-state index contributed by atoms with van der Waals surface area (Å²) in [6.07, 6.45) is 2.56. The third-order valence-electron chi connectivity index (χ3n) is 4.36. The van der Waals surface area contributed by atoms with Gasteiger partial charge < -0.3 is 0 Å². The molecule has 0 aromatic carbocycles. The van der Waals surface area contributed by atoms with Gasteiger partial charge in [-0.25, -0.2) is 0 Å². The summed E-state index contributed by atoms with van der Waals surface area (Å²) in [6.45, 7) is 15.8. The fourth-order valence-electron chi connectivity index (χ4n) is 2.05. The van der Waals surface area contributed by atoms with E-state index in [0.717, 1.165) is 0 Å². The Balaban J connectivity index is 2.68. The van der Waals surface area contributed by atoms with Crippen molar-refractivity contribution in [3.63, 3.8) is 0 Å². The van der Waals surface area contributed by atoms with Gasteiger partial charge in [-0.05, 0) is 59.0 Å². The Morgan fingerprint density at radius 2 is 1.40 bits per heavy atom. The summed E-state index contributed by atoms with van der Waals surface area (Å²) in [5.41, 5.74) is 0.591. The van der Waals surface area contributed by atoms with E-state index in [0.29, 0.717) is 5.41 Å². The van der Waals surface area contributed by atoms with Crippen LogP contribution in [-0.2, 0) is 0 Å². The van der Waals surface area contributed by atoms with Crippen molar-refractivity contribution in [1.29, 1.82) is 0 Å². The minimum Gasteiger partial charge on any atom is -0.296 e. The van der Waals surface area contributed by atoms with Crippen molar-refractivity contribution in [2.45, 2.75) is 64.8 Å². The van der Waals surface area contributed by atoms with Crippen LogP contribution in [0.25, 0.3) is 0 Å². The zero-order chi connectivity index (χ0) is 11.9. The monoisotopic (exact) mass is 231 g/mol. The Morgan fingerprint density at radius 1 is 1.00 bits per heavy atom. The van der Waals surface area contributed by atoms with E-state index in [1.165, 1.54) is 25.9 Å². The van der Waals surface area contributed by atoms with Crippen molar-refractivity contribution in [1.82, 2.24) is 4.90 Å². The van der Waals surface area contributed by atoms with Gasteiger partial charge in [-0.2, -0.15) is 0 Å². The highest BCUT2D eigenvalue weighted by Crippen LogP contribution is 2.39. The molecule has 90 valence electrons. The molecule has 0 bridgehead atoms. The summed E-state index contributed by atoms with van der Waals surface area (Å²) in [4.78, 5) is 2.37. The summed E-state index contributed by atoms with van der Waals surface area (Å²) in [5.74, 6) is 0. The summed E-state index contributed by atoms with van der Waals surface area (Å²) in [6, 6.07) is 0. The quantitative estimate of drug-likeness (QED) is 0.652. The Labute approximate surface area is 100 Å². The maximum Gasteiger partial charge on any atom is 0.0568 e. The van der Waals surface area contributed by atoms with E-state index < -0.39 is 0 Å². The lowest BCUT2D eigenvalue weighted by Gasteiger charge is -2.50. The largest absolute Gasteiger partial charge is 0.296 e. The van der Waals surface area contributed by atoms with Gasteiger partial charge in [0.25, 0.3) is 0 Å². The average molecular weight is 232 g/mol. The van der Waals surface area contributed by atoms with Crippen molar-refractivity contribution in [3.8, 4) is 0 Å². The molecular weight excluding hydrogens is 206 g/mol. The van der Waals surface area contributed by atoms with Crippen molar-refractivity contribution in [3.05, 3.63) is 0 Å². The van der Waals surface area contributed by atoms with Crippen molar-refractivity contribution < 1.29 is 0 Å². The summed E-state index contributed by atoms with van der Waals surface area (Å²) in [5, 5.41) is 0. The lowest BCUT2D eigenvalue weighted by Crippen LogP contribution is -2.58. The number of hydrogen-bond acceptors (Lipinski definition) is 1. The normalized spacial score (nSPS) is 24.2. The predicted octanol–water partition coefficient (Wildman–Crippen LogP) is 3.90. The third-order valence-corrected chi connectivity index (χ3v) is 4.82. The first-order chi connectivity index (χ1) is 6.56. The number of hydrogen-bond donors (Lipinski definition) is 0. The van der Waals surface area contributed by atoms with E-state index in [1.54, 1.807) is 0 Å². The van der Waals surface area contributed by atoms with Crippen LogP contribution in [0, 0.1) is 5.41 Å².